The molecule has 0 atom stereocenters. The first kappa shape index (κ1) is 44.9. The van der Waals surface area contributed by atoms with Crippen molar-refractivity contribution in [3.63, 3.8) is 0 Å². The summed E-state index contributed by atoms with van der Waals surface area (Å²) in [7, 11) is 0. The Morgan fingerprint density at radius 3 is 0.375 bits per heavy atom. The summed E-state index contributed by atoms with van der Waals surface area (Å²) in [6, 6.07) is 105. The predicted molar refractivity (Wildman–Crippen MR) is 297 cm³/mol. The van der Waals surface area contributed by atoms with Crippen LogP contribution in [0.25, 0.3) is 0 Å². The zero-order chi connectivity index (χ0) is 48.6. The van der Waals surface area contributed by atoms with Gasteiger partial charge in [-0.25, -0.2) is 0 Å². The fraction of sp³-hybridized carbons (Fsp3) is 0. The van der Waals surface area contributed by atoms with Crippen LogP contribution in [0.15, 0.2) is 255 Å². The van der Waals surface area contributed by atoms with Crippen molar-refractivity contribution in [1.29, 1.82) is 0 Å². The minimum absolute atomic E-state index is 0.864. The van der Waals surface area contributed by atoms with E-state index in [2.05, 4.69) is 71.8 Å². The lowest BCUT2D eigenvalue weighted by atomic mass is 10.2. The summed E-state index contributed by atoms with van der Waals surface area (Å²) in [5.41, 5.74) is 10.6. The fourth-order valence-electron chi connectivity index (χ4n) is 7.89. The van der Waals surface area contributed by atoms with Crippen LogP contribution in [-0.2, 0) is 0 Å². The maximum atomic E-state index is 3.34. The summed E-state index contributed by atoms with van der Waals surface area (Å²) in [5, 5.41) is 0. The molecule has 0 aromatic heterocycles. The second-order valence-corrected chi connectivity index (χ2v) is 16.0. The number of anilines is 12. The van der Waals surface area contributed by atoms with Crippen LogP contribution >= 0.6 is 0 Å². The van der Waals surface area contributed by atoms with E-state index in [0.29, 0.717) is 0 Å². The maximum absolute atomic E-state index is 3.34. The SMILES string of the molecule is C1#CN(c2ccccc2)c2ccc(cc2)N(c2ccccc2)C#CC#CN(c2ccccc2)c2ccc(cc2)N(c2ccccc2)C#CC#CN(c2ccccc2)c2ccc(cc2)N(c2ccccc2)C#C1. The van der Waals surface area contributed by atoms with Crippen LogP contribution in [0.2, 0.25) is 0 Å². The summed E-state index contributed by atoms with van der Waals surface area (Å²) >= 11 is 0. The van der Waals surface area contributed by atoms with Gasteiger partial charge in [0.15, 0.2) is 0 Å². The molecule has 13 rings (SSSR count). The lowest BCUT2D eigenvalue weighted by Gasteiger charge is -2.21. The van der Waals surface area contributed by atoms with Crippen molar-refractivity contribution in [2.45, 2.75) is 0 Å². The van der Waals surface area contributed by atoms with E-state index in [1.807, 2.05) is 284 Å². The summed E-state index contributed by atoms with van der Waals surface area (Å²) in [6.07, 6.45) is 0. The second kappa shape index (κ2) is 22.3. The van der Waals surface area contributed by atoms with Gasteiger partial charge in [-0.05, 0) is 146 Å². The molecule has 9 aromatic carbocycles. The lowest BCUT2D eigenvalue weighted by Crippen LogP contribution is -2.12. The van der Waals surface area contributed by atoms with E-state index in [9.17, 15) is 0 Å². The molecule has 4 aliphatic rings. The molecule has 4 heterocycles. The van der Waals surface area contributed by atoms with Crippen LogP contribution < -0.4 is 29.4 Å². The minimum Gasteiger partial charge on any atom is -0.269 e. The average molecular weight is 919 g/mol. The molecule has 0 fully saturated rings. The van der Waals surface area contributed by atoms with Gasteiger partial charge in [0.1, 0.15) is 0 Å². The van der Waals surface area contributed by atoms with Crippen molar-refractivity contribution in [3.8, 4) is 71.8 Å². The van der Waals surface area contributed by atoms with Crippen LogP contribution in [0.4, 0.5) is 68.2 Å². The Hall–Kier alpha value is -10.9. The lowest BCUT2D eigenvalue weighted by molar-refractivity contribution is 1.29. The third-order valence-electron chi connectivity index (χ3n) is 11.4. The van der Waals surface area contributed by atoms with Crippen LogP contribution in [-0.4, -0.2) is 0 Å². The van der Waals surface area contributed by atoms with Gasteiger partial charge in [0.2, 0.25) is 0 Å². The van der Waals surface area contributed by atoms with Crippen molar-refractivity contribution in [1.82, 2.24) is 0 Å². The van der Waals surface area contributed by atoms with E-state index in [0.717, 1.165) is 68.2 Å². The van der Waals surface area contributed by atoms with E-state index < -0.39 is 0 Å². The van der Waals surface area contributed by atoms with Gasteiger partial charge in [-0.2, -0.15) is 0 Å². The molecule has 0 saturated carbocycles. The number of fused-ring (bicyclic) bond motifs is 3. The molecule has 336 valence electrons. The number of hydrogen-bond acceptors (Lipinski definition) is 6. The molecule has 6 bridgehead atoms. The van der Waals surface area contributed by atoms with Gasteiger partial charge >= 0.3 is 0 Å². The Balaban J connectivity index is 1.11. The summed E-state index contributed by atoms with van der Waals surface area (Å²) in [4.78, 5) is 11.6. The number of nitrogens with zero attached hydrogens (tertiary/aromatic N) is 6. The molecule has 0 aliphatic carbocycles. The molecular weight excluding hydrogens is 877 g/mol. The summed E-state index contributed by atoms with van der Waals surface area (Å²) in [6.45, 7) is 0. The normalized spacial score (nSPS) is 12.0. The highest BCUT2D eigenvalue weighted by atomic mass is 15.1. The summed E-state index contributed by atoms with van der Waals surface area (Å²) < 4.78 is 0. The maximum Gasteiger partial charge on any atom is 0.0547 e. The molecule has 4 aliphatic heterocycles. The highest BCUT2D eigenvalue weighted by molar-refractivity contribution is 5.78. The predicted octanol–water partition coefficient (Wildman–Crippen LogP) is 14.7. The smallest absolute Gasteiger partial charge is 0.0547 e. The van der Waals surface area contributed by atoms with Gasteiger partial charge in [0, 0.05) is 71.8 Å². The van der Waals surface area contributed by atoms with Gasteiger partial charge < -0.3 is 0 Å². The van der Waals surface area contributed by atoms with Crippen molar-refractivity contribution >= 4 is 68.2 Å². The van der Waals surface area contributed by atoms with Crippen LogP contribution in [0.3, 0.4) is 0 Å². The quantitative estimate of drug-likeness (QED) is 0.154. The van der Waals surface area contributed by atoms with E-state index in [1.54, 1.807) is 0 Å². The largest absolute Gasteiger partial charge is 0.269 e. The van der Waals surface area contributed by atoms with Gasteiger partial charge in [-0.15, -0.1) is 0 Å². The molecule has 0 radical (unpaired) electrons. The Kier molecular flexibility index (Phi) is 13.9. The molecule has 0 amide bonds. The zero-order valence-corrected chi connectivity index (χ0v) is 38.9. The third-order valence-corrected chi connectivity index (χ3v) is 11.4. The standard InChI is InChI=1S/C66H42N6/c1-7-25-55(26-8-1)67-49-19-20-50-68(56-27-9-2-10-28-56)63-41-43-64(44-42-63)71(59-33-15-5-16-34-59)53-23-24-54-72(60-35-17-6-18-36-60)66-47-45-65(46-48-66)70(58-31-13-4-14-32-58)52-22-21-51-69(57-29-11-3-12-30-57)62-39-37-61(67)38-40-62/h1-18,25-48H. The molecule has 6 nitrogen and oxygen atoms in total. The van der Waals surface area contributed by atoms with Gasteiger partial charge in [-0.1, -0.05) is 109 Å². The first-order valence-electron chi connectivity index (χ1n) is 23.2. The van der Waals surface area contributed by atoms with Crippen molar-refractivity contribution < 1.29 is 0 Å². The first-order chi connectivity index (χ1) is 35.7. The average Bonchev–Trinajstić information content (AvgIpc) is 3.45. The Labute approximate surface area is 422 Å². The number of para-hydroxylation sites is 6. The highest BCUT2D eigenvalue weighted by Gasteiger charge is 2.14. The molecule has 9 aromatic rings. The van der Waals surface area contributed by atoms with E-state index >= 15 is 0 Å². The molecule has 6 heteroatoms. The van der Waals surface area contributed by atoms with Crippen LogP contribution in [0, 0.1) is 71.8 Å². The Morgan fingerprint density at radius 2 is 0.250 bits per heavy atom. The molecule has 0 saturated heterocycles. The molecule has 72 heavy (non-hydrogen) atoms. The van der Waals surface area contributed by atoms with Crippen molar-refractivity contribution in [2.75, 3.05) is 29.4 Å². The van der Waals surface area contributed by atoms with Gasteiger partial charge in [-0.3, -0.25) is 29.4 Å². The van der Waals surface area contributed by atoms with E-state index in [4.69, 9.17) is 0 Å². The van der Waals surface area contributed by atoms with Crippen LogP contribution in [0.1, 0.15) is 0 Å². The number of rotatable bonds is 6. The van der Waals surface area contributed by atoms with Gasteiger partial charge in [0.05, 0.1) is 68.2 Å². The topological polar surface area (TPSA) is 19.4 Å². The minimum atomic E-state index is 0.864. The highest BCUT2D eigenvalue weighted by Crippen LogP contribution is 2.33. The second-order valence-electron chi connectivity index (χ2n) is 16.0. The molecule has 0 spiro atoms. The monoisotopic (exact) mass is 918 g/mol. The molecule has 0 N–H and O–H groups in total. The van der Waals surface area contributed by atoms with Gasteiger partial charge in [0.25, 0.3) is 0 Å². The molecular formula is C66H42N6. The van der Waals surface area contributed by atoms with E-state index in [1.165, 1.54) is 0 Å². The summed E-state index contributed by atoms with van der Waals surface area (Å²) in [5.74, 6) is 19.0. The van der Waals surface area contributed by atoms with Crippen LogP contribution in [0.5, 0.6) is 0 Å². The van der Waals surface area contributed by atoms with Crippen molar-refractivity contribution in [2.24, 2.45) is 0 Å². The number of benzene rings is 9. The fourth-order valence-corrected chi connectivity index (χ4v) is 7.89. The van der Waals surface area contributed by atoms with Crippen molar-refractivity contribution in [3.05, 3.63) is 255 Å². The third kappa shape index (κ3) is 10.8. The van der Waals surface area contributed by atoms with E-state index in [-0.39, 0.29) is 0 Å². The first-order valence-corrected chi connectivity index (χ1v) is 23.2. The Morgan fingerprint density at radius 1 is 0.139 bits per heavy atom. The molecule has 0 unspecified atom stereocenters. The Bertz CT molecular complexity index is 3010. The zero-order valence-electron chi connectivity index (χ0n) is 38.9. The number of hydrogen-bond donors (Lipinski definition) is 0.